The molecule has 1 aromatic heterocycles. The molecular formula is C15H11IN4O2. The lowest BCUT2D eigenvalue weighted by Gasteiger charge is -2.14. The normalized spacial score (nSPS) is 15.9. The molecule has 7 heteroatoms. The number of carbonyl (C=O) groups excluding carboxylic acids is 1. The predicted molar refractivity (Wildman–Crippen MR) is 88.4 cm³/mol. The summed E-state index contributed by atoms with van der Waals surface area (Å²) in [6.07, 6.45) is 0. The predicted octanol–water partition coefficient (Wildman–Crippen LogP) is 1.98. The Kier molecular flexibility index (Phi) is 3.62. The third-order valence-corrected chi connectivity index (χ3v) is 4.35. The van der Waals surface area contributed by atoms with Crippen molar-refractivity contribution in [3.8, 4) is 11.8 Å². The molecule has 22 heavy (non-hydrogen) atoms. The van der Waals surface area contributed by atoms with Crippen LogP contribution in [0, 0.1) is 15.0 Å². The van der Waals surface area contributed by atoms with Crippen LogP contribution in [0.2, 0.25) is 0 Å². The number of aromatic nitrogens is 1. The number of anilines is 1. The van der Waals surface area contributed by atoms with Crippen molar-refractivity contribution >= 4 is 34.3 Å². The molecule has 0 fully saturated rings. The zero-order valence-electron chi connectivity index (χ0n) is 11.6. The van der Waals surface area contributed by atoms with E-state index in [1.165, 1.54) is 0 Å². The van der Waals surface area contributed by atoms with Gasteiger partial charge < -0.3 is 15.8 Å². The van der Waals surface area contributed by atoms with Crippen LogP contribution in [0.25, 0.3) is 0 Å². The van der Waals surface area contributed by atoms with Gasteiger partial charge in [0.05, 0.1) is 24.3 Å². The highest BCUT2D eigenvalue weighted by Crippen LogP contribution is 2.37. The molecule has 6 nitrogen and oxygen atoms in total. The van der Waals surface area contributed by atoms with E-state index in [0.717, 1.165) is 11.3 Å². The van der Waals surface area contributed by atoms with E-state index < -0.39 is 6.04 Å². The maximum absolute atomic E-state index is 12.2. The number of methoxy groups -OCH3 is 1. The van der Waals surface area contributed by atoms with Gasteiger partial charge in [0.2, 0.25) is 0 Å². The molecule has 3 rings (SSSR count). The van der Waals surface area contributed by atoms with Gasteiger partial charge in [-0.15, -0.1) is 0 Å². The SMILES string of the molecule is COc1ccc(C2NC(=O)c3c(N)nc(I)c(C#N)c32)cc1. The number of fused-ring (bicyclic) bond motifs is 1. The van der Waals surface area contributed by atoms with Crippen LogP contribution in [-0.2, 0) is 0 Å². The molecule has 1 aliphatic rings. The monoisotopic (exact) mass is 406 g/mol. The second-order valence-corrected chi connectivity index (χ2v) is 5.76. The van der Waals surface area contributed by atoms with Crippen molar-refractivity contribution in [2.75, 3.05) is 12.8 Å². The first-order valence-corrected chi connectivity index (χ1v) is 7.48. The Labute approximate surface area is 140 Å². The molecule has 2 heterocycles. The summed E-state index contributed by atoms with van der Waals surface area (Å²) in [7, 11) is 1.59. The number of nitrogen functional groups attached to an aromatic ring is 1. The molecule has 110 valence electrons. The van der Waals surface area contributed by atoms with Crippen LogP contribution in [-0.4, -0.2) is 18.0 Å². The third-order valence-electron chi connectivity index (χ3n) is 3.57. The average Bonchev–Trinajstić information content (AvgIpc) is 2.86. The molecule has 0 spiro atoms. The molecule has 0 bridgehead atoms. The van der Waals surface area contributed by atoms with E-state index in [4.69, 9.17) is 10.5 Å². The first-order chi connectivity index (χ1) is 10.6. The number of pyridine rings is 1. The van der Waals surface area contributed by atoms with Gasteiger partial charge in [-0.25, -0.2) is 4.98 Å². The lowest BCUT2D eigenvalue weighted by molar-refractivity contribution is 0.0961. The van der Waals surface area contributed by atoms with Gasteiger partial charge in [-0.05, 0) is 40.3 Å². The zero-order chi connectivity index (χ0) is 15.9. The van der Waals surface area contributed by atoms with Gasteiger partial charge in [0.1, 0.15) is 21.3 Å². The van der Waals surface area contributed by atoms with E-state index >= 15 is 0 Å². The molecule has 1 atom stereocenters. The summed E-state index contributed by atoms with van der Waals surface area (Å²) >= 11 is 1.95. The number of nitrogens with zero attached hydrogens (tertiary/aromatic N) is 2. The third kappa shape index (κ3) is 2.16. The summed E-state index contributed by atoms with van der Waals surface area (Å²) in [5.74, 6) is 0.554. The van der Waals surface area contributed by atoms with E-state index in [2.05, 4.69) is 16.4 Å². The molecule has 1 unspecified atom stereocenters. The highest BCUT2D eigenvalue weighted by Gasteiger charge is 2.36. The summed E-state index contributed by atoms with van der Waals surface area (Å²) in [6.45, 7) is 0. The maximum atomic E-state index is 12.2. The summed E-state index contributed by atoms with van der Waals surface area (Å²) in [4.78, 5) is 16.3. The number of hydrogen-bond donors (Lipinski definition) is 2. The van der Waals surface area contributed by atoms with Gasteiger partial charge in [-0.1, -0.05) is 12.1 Å². The fourth-order valence-electron chi connectivity index (χ4n) is 2.55. The first-order valence-electron chi connectivity index (χ1n) is 6.40. The number of nitrogens with one attached hydrogen (secondary N) is 1. The Morgan fingerprint density at radius 1 is 1.41 bits per heavy atom. The fourth-order valence-corrected chi connectivity index (χ4v) is 3.22. The molecule has 0 aliphatic carbocycles. The minimum absolute atomic E-state index is 0.145. The molecule has 0 radical (unpaired) electrons. The number of hydrogen-bond acceptors (Lipinski definition) is 5. The Morgan fingerprint density at radius 2 is 2.09 bits per heavy atom. The number of nitriles is 1. The van der Waals surface area contributed by atoms with E-state index in [9.17, 15) is 10.1 Å². The van der Waals surface area contributed by atoms with Gasteiger partial charge >= 0.3 is 0 Å². The number of halogens is 1. The summed E-state index contributed by atoms with van der Waals surface area (Å²) in [6, 6.07) is 9.02. The van der Waals surface area contributed by atoms with Gasteiger partial charge in [0.15, 0.2) is 0 Å². The molecule has 0 saturated heterocycles. The lowest BCUT2D eigenvalue weighted by Crippen LogP contribution is -2.20. The summed E-state index contributed by atoms with van der Waals surface area (Å²) < 4.78 is 5.63. The lowest BCUT2D eigenvalue weighted by atomic mass is 9.95. The number of rotatable bonds is 2. The minimum atomic E-state index is -0.415. The van der Waals surface area contributed by atoms with Crippen LogP contribution < -0.4 is 15.8 Å². The number of ether oxygens (including phenoxy) is 1. The van der Waals surface area contributed by atoms with Crippen molar-refractivity contribution < 1.29 is 9.53 Å². The topological polar surface area (TPSA) is 101 Å². The van der Waals surface area contributed by atoms with Gasteiger partial charge in [0.25, 0.3) is 5.91 Å². The fraction of sp³-hybridized carbons (Fsp3) is 0.133. The highest BCUT2D eigenvalue weighted by molar-refractivity contribution is 14.1. The molecule has 3 N–H and O–H groups in total. The molecule has 0 saturated carbocycles. The van der Waals surface area contributed by atoms with Crippen molar-refractivity contribution in [1.29, 1.82) is 5.26 Å². The molecule has 2 aromatic rings. The van der Waals surface area contributed by atoms with Gasteiger partial charge in [-0.3, -0.25) is 4.79 Å². The second-order valence-electron chi connectivity index (χ2n) is 4.74. The smallest absolute Gasteiger partial charge is 0.256 e. The Morgan fingerprint density at radius 3 is 2.68 bits per heavy atom. The van der Waals surface area contributed by atoms with Crippen molar-refractivity contribution in [1.82, 2.24) is 10.3 Å². The standard InChI is InChI=1S/C15H11IN4O2/c1-22-8-4-2-7(3-5-8)12-10-9(6-17)13(16)20-14(18)11(10)15(21)19-12/h2-5,12H,1H3,(H2,18,20)(H,19,21). The van der Waals surface area contributed by atoms with E-state index in [0.29, 0.717) is 14.8 Å². The zero-order valence-corrected chi connectivity index (χ0v) is 13.7. The van der Waals surface area contributed by atoms with Crippen LogP contribution >= 0.6 is 22.6 Å². The van der Waals surface area contributed by atoms with Crippen molar-refractivity contribution in [3.05, 3.63) is 50.2 Å². The molecule has 1 aromatic carbocycles. The number of benzene rings is 1. The average molecular weight is 406 g/mol. The van der Waals surface area contributed by atoms with Crippen LogP contribution in [0.15, 0.2) is 24.3 Å². The number of nitrogens with two attached hydrogens (primary N) is 1. The molecular weight excluding hydrogens is 395 g/mol. The van der Waals surface area contributed by atoms with Crippen molar-refractivity contribution in [2.45, 2.75) is 6.04 Å². The van der Waals surface area contributed by atoms with E-state index in [1.54, 1.807) is 19.2 Å². The number of carbonyl (C=O) groups is 1. The first kappa shape index (κ1) is 14.6. The maximum Gasteiger partial charge on any atom is 0.256 e. The van der Waals surface area contributed by atoms with E-state index in [1.807, 2.05) is 34.7 Å². The molecule has 1 aliphatic heterocycles. The summed E-state index contributed by atoms with van der Waals surface area (Å²) in [5, 5.41) is 12.3. The summed E-state index contributed by atoms with van der Waals surface area (Å²) in [5.41, 5.74) is 7.98. The largest absolute Gasteiger partial charge is 0.497 e. The van der Waals surface area contributed by atoms with Crippen LogP contribution in [0.5, 0.6) is 5.75 Å². The highest BCUT2D eigenvalue weighted by atomic mass is 127. The Hall–Kier alpha value is -2.34. The van der Waals surface area contributed by atoms with E-state index in [-0.39, 0.29) is 17.3 Å². The van der Waals surface area contributed by atoms with Crippen molar-refractivity contribution in [3.63, 3.8) is 0 Å². The Bertz CT molecular complexity index is 812. The van der Waals surface area contributed by atoms with Crippen LogP contribution in [0.3, 0.4) is 0 Å². The second kappa shape index (κ2) is 5.46. The van der Waals surface area contributed by atoms with Gasteiger partial charge in [0, 0.05) is 5.56 Å². The quantitative estimate of drug-likeness (QED) is 0.587. The molecule has 1 amide bonds. The minimum Gasteiger partial charge on any atom is -0.497 e. The Balaban J connectivity index is 2.19. The van der Waals surface area contributed by atoms with Crippen molar-refractivity contribution in [2.24, 2.45) is 0 Å². The van der Waals surface area contributed by atoms with Gasteiger partial charge in [-0.2, -0.15) is 5.26 Å². The van der Waals surface area contributed by atoms with Crippen LogP contribution in [0.1, 0.15) is 33.1 Å². The number of amides is 1. The van der Waals surface area contributed by atoms with Crippen LogP contribution in [0.4, 0.5) is 5.82 Å².